The highest BCUT2D eigenvalue weighted by Gasteiger charge is 2.17. The van der Waals surface area contributed by atoms with Crippen molar-refractivity contribution in [2.45, 2.75) is 0 Å². The number of rotatable bonds is 1. The normalized spacial score (nSPS) is 10.9. The summed E-state index contributed by atoms with van der Waals surface area (Å²) >= 11 is 0. The predicted molar refractivity (Wildman–Crippen MR) is 67.3 cm³/mol. The molecule has 2 N–H and O–H groups in total. The van der Waals surface area contributed by atoms with Crippen LogP contribution in [0.25, 0.3) is 21.9 Å². The van der Waals surface area contributed by atoms with Gasteiger partial charge < -0.3 is 14.9 Å². The van der Waals surface area contributed by atoms with Gasteiger partial charge in [0, 0.05) is 16.5 Å². The Morgan fingerprint density at radius 1 is 1.44 bits per heavy atom. The van der Waals surface area contributed by atoms with E-state index >= 15 is 0 Å². The molecule has 2 aromatic heterocycles. The number of pyridine rings is 1. The van der Waals surface area contributed by atoms with Crippen LogP contribution >= 0.6 is 0 Å². The number of carbonyl (C=O) groups is 1. The minimum atomic E-state index is -0.432. The van der Waals surface area contributed by atoms with E-state index in [0.29, 0.717) is 27.7 Å². The number of hydrogen-bond donors (Lipinski definition) is 1. The van der Waals surface area contributed by atoms with Gasteiger partial charge in [-0.25, -0.2) is 4.79 Å². The molecule has 0 amide bonds. The Hall–Kier alpha value is -2.56. The van der Waals surface area contributed by atoms with E-state index in [1.165, 1.54) is 13.4 Å². The van der Waals surface area contributed by atoms with Crippen LogP contribution in [0.3, 0.4) is 0 Å². The van der Waals surface area contributed by atoms with Crippen molar-refractivity contribution in [1.82, 2.24) is 4.98 Å². The van der Waals surface area contributed by atoms with E-state index in [0.717, 1.165) is 5.39 Å². The smallest absolute Gasteiger partial charge is 0.341 e. The van der Waals surface area contributed by atoms with Gasteiger partial charge in [0.05, 0.1) is 18.8 Å². The van der Waals surface area contributed by atoms with Gasteiger partial charge in [-0.15, -0.1) is 0 Å². The van der Waals surface area contributed by atoms with Gasteiger partial charge in [0.25, 0.3) is 0 Å². The molecule has 5 nitrogen and oxygen atoms in total. The fourth-order valence-electron chi connectivity index (χ4n) is 2.00. The highest BCUT2D eigenvalue weighted by Crippen LogP contribution is 2.29. The van der Waals surface area contributed by atoms with Gasteiger partial charge in [-0.1, -0.05) is 0 Å². The molecule has 0 saturated carbocycles. The van der Waals surface area contributed by atoms with Crippen molar-refractivity contribution >= 4 is 33.5 Å². The summed E-state index contributed by atoms with van der Waals surface area (Å²) in [6.45, 7) is 0. The third kappa shape index (κ3) is 1.41. The maximum absolute atomic E-state index is 11.7. The number of nitrogen functional groups attached to an aromatic ring is 1. The molecular formula is C13H10N2O3. The Morgan fingerprint density at radius 2 is 2.28 bits per heavy atom. The number of aromatic nitrogens is 1. The number of ether oxygens (including phenoxy) is 1. The molecule has 18 heavy (non-hydrogen) atoms. The van der Waals surface area contributed by atoms with E-state index in [9.17, 15) is 4.79 Å². The Labute approximate surface area is 102 Å². The zero-order valence-corrected chi connectivity index (χ0v) is 9.64. The fourth-order valence-corrected chi connectivity index (χ4v) is 2.00. The number of fused-ring (bicyclic) bond motifs is 3. The van der Waals surface area contributed by atoms with Gasteiger partial charge in [0.1, 0.15) is 11.8 Å². The van der Waals surface area contributed by atoms with Crippen LogP contribution in [0, 0.1) is 0 Å². The Bertz CT molecular complexity index is 761. The van der Waals surface area contributed by atoms with Crippen molar-refractivity contribution in [2.24, 2.45) is 0 Å². The van der Waals surface area contributed by atoms with Crippen molar-refractivity contribution < 1.29 is 13.9 Å². The van der Waals surface area contributed by atoms with Crippen molar-refractivity contribution in [3.8, 4) is 0 Å². The van der Waals surface area contributed by atoms with Crippen LogP contribution in [0.5, 0.6) is 0 Å². The van der Waals surface area contributed by atoms with Crippen molar-refractivity contribution in [2.75, 3.05) is 12.8 Å². The average molecular weight is 242 g/mol. The molecule has 0 unspecified atom stereocenters. The predicted octanol–water partition coefficient (Wildman–Crippen LogP) is 2.35. The lowest BCUT2D eigenvalue weighted by molar-refractivity contribution is 0.0602. The molecule has 0 fully saturated rings. The molecule has 0 bridgehead atoms. The second-order valence-electron chi connectivity index (χ2n) is 3.91. The molecule has 0 aliphatic heterocycles. The highest BCUT2D eigenvalue weighted by atomic mass is 16.5. The Morgan fingerprint density at radius 3 is 3.06 bits per heavy atom. The molecule has 3 aromatic rings. The fraction of sp³-hybridized carbons (Fsp3) is 0.0769. The molecule has 0 aliphatic rings. The molecule has 1 aromatic carbocycles. The van der Waals surface area contributed by atoms with Crippen LogP contribution in [0.1, 0.15) is 10.4 Å². The SMILES string of the molecule is COC(=O)c1coc2cnc3cc(N)ccc3c12. The van der Waals surface area contributed by atoms with Gasteiger partial charge in [0.2, 0.25) is 0 Å². The summed E-state index contributed by atoms with van der Waals surface area (Å²) in [7, 11) is 1.34. The summed E-state index contributed by atoms with van der Waals surface area (Å²) < 4.78 is 10.0. The third-order valence-corrected chi connectivity index (χ3v) is 2.84. The van der Waals surface area contributed by atoms with Crippen molar-refractivity contribution in [3.05, 3.63) is 36.2 Å². The molecule has 0 radical (unpaired) electrons. The number of nitrogens with two attached hydrogens (primary N) is 1. The quantitative estimate of drug-likeness (QED) is 0.523. The van der Waals surface area contributed by atoms with Crippen LogP contribution < -0.4 is 5.73 Å². The molecule has 5 heteroatoms. The Balaban J connectivity index is 2.44. The van der Waals surface area contributed by atoms with Crippen LogP contribution in [-0.2, 0) is 4.74 Å². The van der Waals surface area contributed by atoms with Gasteiger partial charge >= 0.3 is 5.97 Å². The highest BCUT2D eigenvalue weighted by molar-refractivity contribution is 6.14. The second-order valence-corrected chi connectivity index (χ2v) is 3.91. The van der Waals surface area contributed by atoms with Gasteiger partial charge in [-0.05, 0) is 18.2 Å². The second kappa shape index (κ2) is 3.73. The minimum absolute atomic E-state index is 0.393. The standard InChI is InChI=1S/C13H10N2O3/c1-17-13(16)9-6-18-11-5-15-10-4-7(14)2-3-8(10)12(9)11/h2-6H,14H2,1H3. The molecule has 0 aliphatic carbocycles. The zero-order chi connectivity index (χ0) is 12.7. The number of esters is 1. The van der Waals surface area contributed by atoms with E-state index in [2.05, 4.69) is 4.98 Å². The number of hydrogen-bond acceptors (Lipinski definition) is 5. The third-order valence-electron chi connectivity index (χ3n) is 2.84. The van der Waals surface area contributed by atoms with Crippen molar-refractivity contribution in [3.63, 3.8) is 0 Å². The summed E-state index contributed by atoms with van der Waals surface area (Å²) in [4.78, 5) is 15.9. The summed E-state index contributed by atoms with van der Waals surface area (Å²) in [5.41, 5.74) is 7.99. The topological polar surface area (TPSA) is 78.3 Å². The minimum Gasteiger partial charge on any atom is -0.465 e. The summed E-state index contributed by atoms with van der Waals surface area (Å²) in [5.74, 6) is -0.432. The molecule has 0 saturated heterocycles. The first-order valence-electron chi connectivity index (χ1n) is 5.34. The lowest BCUT2D eigenvalue weighted by atomic mass is 10.1. The summed E-state index contributed by atoms with van der Waals surface area (Å²) in [6.07, 6.45) is 2.96. The first kappa shape index (κ1) is 10.6. The molecule has 90 valence electrons. The monoisotopic (exact) mass is 242 g/mol. The zero-order valence-electron chi connectivity index (χ0n) is 9.64. The maximum atomic E-state index is 11.7. The van der Waals surface area contributed by atoms with E-state index in [1.54, 1.807) is 18.3 Å². The van der Waals surface area contributed by atoms with Crippen LogP contribution in [0.2, 0.25) is 0 Å². The molecular weight excluding hydrogens is 232 g/mol. The van der Waals surface area contributed by atoms with E-state index in [4.69, 9.17) is 14.9 Å². The van der Waals surface area contributed by atoms with Crippen LogP contribution in [-0.4, -0.2) is 18.1 Å². The Kier molecular flexibility index (Phi) is 2.19. The number of anilines is 1. The number of methoxy groups -OCH3 is 1. The lowest BCUT2D eigenvalue weighted by Crippen LogP contribution is -1.99. The molecule has 2 heterocycles. The first-order chi connectivity index (χ1) is 8.70. The first-order valence-corrected chi connectivity index (χ1v) is 5.34. The summed E-state index contributed by atoms with van der Waals surface area (Å²) in [6, 6.07) is 5.34. The van der Waals surface area contributed by atoms with Gasteiger partial charge in [-0.2, -0.15) is 0 Å². The van der Waals surface area contributed by atoms with E-state index in [1.807, 2.05) is 6.07 Å². The number of carbonyl (C=O) groups excluding carboxylic acids is 1. The van der Waals surface area contributed by atoms with Crippen LogP contribution in [0.15, 0.2) is 35.1 Å². The number of benzene rings is 1. The molecule has 3 rings (SSSR count). The van der Waals surface area contributed by atoms with Crippen molar-refractivity contribution in [1.29, 1.82) is 0 Å². The molecule has 0 atom stereocenters. The van der Waals surface area contributed by atoms with E-state index < -0.39 is 5.97 Å². The summed E-state index contributed by atoms with van der Waals surface area (Å²) in [5, 5.41) is 1.52. The lowest BCUT2D eigenvalue weighted by Gasteiger charge is -2.01. The van der Waals surface area contributed by atoms with Gasteiger partial charge in [0.15, 0.2) is 5.58 Å². The largest absolute Gasteiger partial charge is 0.465 e. The average Bonchev–Trinajstić information content (AvgIpc) is 2.81. The van der Waals surface area contributed by atoms with Gasteiger partial charge in [-0.3, -0.25) is 4.98 Å². The number of nitrogens with zero attached hydrogens (tertiary/aromatic N) is 1. The maximum Gasteiger partial charge on any atom is 0.341 e. The molecule has 0 spiro atoms. The van der Waals surface area contributed by atoms with Crippen LogP contribution in [0.4, 0.5) is 5.69 Å². The number of furan rings is 1. The van der Waals surface area contributed by atoms with E-state index in [-0.39, 0.29) is 0 Å².